The molecule has 0 bridgehead atoms. The van der Waals surface area contributed by atoms with Crippen LogP contribution in [0.1, 0.15) is 63.2 Å². The van der Waals surface area contributed by atoms with Crippen molar-refractivity contribution in [3.05, 3.63) is 94.4 Å². The summed E-state index contributed by atoms with van der Waals surface area (Å²) in [6.45, 7) is 7.26. The SMILES string of the molecule is C[C@@H](c1ccc(-c2ccn(C3CCOC3)c(=O)c2)cc1)N1CCC(CC(C)(C)O)(c2ccccc2)OC1=O. The Labute approximate surface area is 223 Å². The number of aliphatic hydroxyl groups is 1. The maximum Gasteiger partial charge on any atom is 0.411 e. The highest BCUT2D eigenvalue weighted by Gasteiger charge is 2.46. The van der Waals surface area contributed by atoms with Crippen LogP contribution in [0.15, 0.2) is 77.7 Å². The zero-order chi connectivity index (χ0) is 26.9. The molecule has 0 aliphatic carbocycles. The van der Waals surface area contributed by atoms with Crippen LogP contribution in [0.25, 0.3) is 11.1 Å². The Morgan fingerprint density at radius 1 is 1.05 bits per heavy atom. The van der Waals surface area contributed by atoms with Crippen molar-refractivity contribution in [2.75, 3.05) is 19.8 Å². The van der Waals surface area contributed by atoms with Crippen molar-refractivity contribution < 1.29 is 19.4 Å². The molecular weight excluding hydrogens is 480 g/mol. The second kappa shape index (κ2) is 10.4. The summed E-state index contributed by atoms with van der Waals surface area (Å²) in [5.74, 6) is 0. The molecule has 2 aliphatic rings. The Bertz CT molecular complexity index is 1320. The molecule has 1 N–H and O–H groups in total. The van der Waals surface area contributed by atoms with Gasteiger partial charge in [-0.25, -0.2) is 4.79 Å². The second-order valence-electron chi connectivity index (χ2n) is 11.1. The standard InChI is InChI=1S/C31H36N2O5/c1-22(32-17-15-31(38-29(32)35,21-30(2,3)36)26-7-5-4-6-8-26)23-9-11-24(12-10-23)25-13-16-33(28(34)19-25)27-14-18-37-20-27/h4-13,16,19,22,27,36H,14-15,17-18,20-21H2,1-3H3/t22-,27?,31?/m0/s1. The number of carbonyl (C=O) groups excluding carboxylic acids is 1. The number of cyclic esters (lactones) is 1. The summed E-state index contributed by atoms with van der Waals surface area (Å²) in [6.07, 6.45) is 3.22. The van der Waals surface area contributed by atoms with Gasteiger partial charge < -0.3 is 24.0 Å². The van der Waals surface area contributed by atoms with Gasteiger partial charge in [0, 0.05) is 38.3 Å². The van der Waals surface area contributed by atoms with E-state index in [1.807, 2.05) is 73.8 Å². The molecule has 0 radical (unpaired) electrons. The van der Waals surface area contributed by atoms with Gasteiger partial charge in [0.25, 0.3) is 5.56 Å². The molecule has 2 unspecified atom stereocenters. The maximum atomic E-state index is 13.3. The Hall–Kier alpha value is -3.42. The van der Waals surface area contributed by atoms with Crippen LogP contribution in [0.4, 0.5) is 4.79 Å². The van der Waals surface area contributed by atoms with Crippen molar-refractivity contribution in [3.8, 4) is 11.1 Å². The smallest absolute Gasteiger partial charge is 0.411 e. The van der Waals surface area contributed by atoms with Crippen LogP contribution in [0.5, 0.6) is 0 Å². The van der Waals surface area contributed by atoms with E-state index in [9.17, 15) is 14.7 Å². The monoisotopic (exact) mass is 516 g/mol. The second-order valence-corrected chi connectivity index (χ2v) is 11.1. The highest BCUT2D eigenvalue weighted by atomic mass is 16.6. The van der Waals surface area contributed by atoms with Crippen molar-refractivity contribution in [3.63, 3.8) is 0 Å². The number of ether oxygens (including phenoxy) is 2. The third-order valence-electron chi connectivity index (χ3n) is 7.73. The Kier molecular flexibility index (Phi) is 7.16. The first kappa shape index (κ1) is 26.2. The number of benzene rings is 2. The molecule has 7 nitrogen and oxygen atoms in total. The van der Waals surface area contributed by atoms with E-state index in [2.05, 4.69) is 0 Å². The molecule has 2 aromatic carbocycles. The molecule has 2 fully saturated rings. The third-order valence-corrected chi connectivity index (χ3v) is 7.73. The quantitative estimate of drug-likeness (QED) is 0.453. The molecule has 38 heavy (non-hydrogen) atoms. The number of aromatic nitrogens is 1. The zero-order valence-corrected chi connectivity index (χ0v) is 22.3. The van der Waals surface area contributed by atoms with Gasteiger partial charge in [0.05, 0.1) is 24.3 Å². The van der Waals surface area contributed by atoms with Crippen molar-refractivity contribution >= 4 is 6.09 Å². The minimum absolute atomic E-state index is 0.0283. The van der Waals surface area contributed by atoms with Crippen LogP contribution < -0.4 is 5.56 Å². The number of carbonyl (C=O) groups is 1. The lowest BCUT2D eigenvalue weighted by Gasteiger charge is -2.45. The van der Waals surface area contributed by atoms with Gasteiger partial charge >= 0.3 is 6.09 Å². The summed E-state index contributed by atoms with van der Waals surface area (Å²) in [5.41, 5.74) is 1.79. The van der Waals surface area contributed by atoms with E-state index in [4.69, 9.17) is 9.47 Å². The van der Waals surface area contributed by atoms with Crippen molar-refractivity contribution in [2.24, 2.45) is 0 Å². The molecule has 2 saturated heterocycles. The van der Waals surface area contributed by atoms with E-state index in [1.54, 1.807) is 29.4 Å². The van der Waals surface area contributed by atoms with Crippen molar-refractivity contribution in [2.45, 2.75) is 63.3 Å². The van der Waals surface area contributed by atoms with Gasteiger partial charge in [-0.3, -0.25) is 4.79 Å². The molecule has 200 valence electrons. The first-order chi connectivity index (χ1) is 18.2. The Balaban J connectivity index is 1.31. The van der Waals surface area contributed by atoms with Crippen LogP contribution in [0.3, 0.4) is 0 Å². The average molecular weight is 517 g/mol. The summed E-state index contributed by atoms with van der Waals surface area (Å²) < 4.78 is 13.3. The van der Waals surface area contributed by atoms with Crippen molar-refractivity contribution in [1.82, 2.24) is 9.47 Å². The lowest BCUT2D eigenvalue weighted by molar-refractivity contribution is -0.101. The predicted molar refractivity (Wildman–Crippen MR) is 146 cm³/mol. The first-order valence-corrected chi connectivity index (χ1v) is 13.3. The highest BCUT2D eigenvalue weighted by molar-refractivity contribution is 5.70. The summed E-state index contributed by atoms with van der Waals surface area (Å²) in [5, 5.41) is 10.6. The molecule has 0 spiro atoms. The molecule has 1 aromatic heterocycles. The number of amides is 1. The molecule has 3 heterocycles. The fourth-order valence-electron chi connectivity index (χ4n) is 5.74. The zero-order valence-electron chi connectivity index (χ0n) is 22.3. The van der Waals surface area contributed by atoms with Gasteiger partial charge in [0.2, 0.25) is 0 Å². The minimum Gasteiger partial charge on any atom is -0.438 e. The highest BCUT2D eigenvalue weighted by Crippen LogP contribution is 2.42. The van der Waals surface area contributed by atoms with E-state index in [-0.39, 0.29) is 23.7 Å². The summed E-state index contributed by atoms with van der Waals surface area (Å²) in [7, 11) is 0. The lowest BCUT2D eigenvalue weighted by Crippen LogP contribution is -2.51. The fourth-order valence-corrected chi connectivity index (χ4v) is 5.74. The Morgan fingerprint density at radius 3 is 2.39 bits per heavy atom. The topological polar surface area (TPSA) is 81.0 Å². The van der Waals surface area contributed by atoms with Crippen LogP contribution in [0.2, 0.25) is 0 Å². The molecule has 7 heteroatoms. The number of hydrogen-bond donors (Lipinski definition) is 1. The predicted octanol–water partition coefficient (Wildman–Crippen LogP) is 5.44. The van der Waals surface area contributed by atoms with Crippen LogP contribution in [-0.4, -0.2) is 46.0 Å². The van der Waals surface area contributed by atoms with E-state index in [0.717, 1.165) is 28.7 Å². The molecule has 0 saturated carbocycles. The molecule has 1 amide bonds. The normalized spacial score (nSPS) is 22.8. The van der Waals surface area contributed by atoms with E-state index < -0.39 is 11.2 Å². The van der Waals surface area contributed by atoms with Crippen LogP contribution >= 0.6 is 0 Å². The maximum absolute atomic E-state index is 13.3. The number of hydrogen-bond acceptors (Lipinski definition) is 5. The van der Waals surface area contributed by atoms with Gasteiger partial charge in [0.15, 0.2) is 0 Å². The minimum atomic E-state index is -0.995. The summed E-state index contributed by atoms with van der Waals surface area (Å²) in [4.78, 5) is 27.8. The van der Waals surface area contributed by atoms with Gasteiger partial charge in [0.1, 0.15) is 5.60 Å². The number of rotatable bonds is 7. The van der Waals surface area contributed by atoms with E-state index in [0.29, 0.717) is 32.6 Å². The molecule has 3 aromatic rings. The number of nitrogens with zero attached hydrogens (tertiary/aromatic N) is 2. The average Bonchev–Trinajstić information content (AvgIpc) is 3.43. The van der Waals surface area contributed by atoms with Gasteiger partial charge in [-0.05, 0) is 55.5 Å². The van der Waals surface area contributed by atoms with Gasteiger partial charge in [-0.1, -0.05) is 54.6 Å². The number of pyridine rings is 1. The third kappa shape index (κ3) is 5.40. The van der Waals surface area contributed by atoms with Gasteiger partial charge in [-0.15, -0.1) is 0 Å². The lowest BCUT2D eigenvalue weighted by atomic mass is 9.80. The first-order valence-electron chi connectivity index (χ1n) is 13.3. The molecule has 3 atom stereocenters. The molecule has 5 rings (SSSR count). The molecule has 2 aliphatic heterocycles. The van der Waals surface area contributed by atoms with Crippen molar-refractivity contribution in [1.29, 1.82) is 0 Å². The van der Waals surface area contributed by atoms with E-state index in [1.165, 1.54) is 0 Å². The van der Waals surface area contributed by atoms with Crippen LogP contribution in [0, 0.1) is 0 Å². The van der Waals surface area contributed by atoms with Crippen LogP contribution in [-0.2, 0) is 15.1 Å². The van der Waals surface area contributed by atoms with Gasteiger partial charge in [-0.2, -0.15) is 0 Å². The Morgan fingerprint density at radius 2 is 1.79 bits per heavy atom. The summed E-state index contributed by atoms with van der Waals surface area (Å²) >= 11 is 0. The fraction of sp³-hybridized carbons (Fsp3) is 0.419. The molecular formula is C31H36N2O5. The summed E-state index contributed by atoms with van der Waals surface area (Å²) in [6, 6.07) is 21.2. The largest absolute Gasteiger partial charge is 0.438 e. The van der Waals surface area contributed by atoms with E-state index >= 15 is 0 Å².